The quantitative estimate of drug-likeness (QED) is 0.438. The van der Waals surface area contributed by atoms with E-state index < -0.39 is 5.91 Å². The third-order valence-corrected chi connectivity index (χ3v) is 2.56. The molecular weight excluding hydrogens is 224 g/mol. The monoisotopic (exact) mass is 236 g/mol. The van der Waals surface area contributed by atoms with Crippen LogP contribution in [0.2, 0.25) is 0 Å². The van der Waals surface area contributed by atoms with Gasteiger partial charge in [-0.3, -0.25) is 14.5 Å². The smallest absolute Gasteiger partial charge is 0.267 e. The van der Waals surface area contributed by atoms with Gasteiger partial charge in [0.25, 0.3) is 5.91 Å². The molecule has 1 fully saturated rings. The summed E-state index contributed by atoms with van der Waals surface area (Å²) in [5.74, 6) is -0.892. The van der Waals surface area contributed by atoms with E-state index in [1.54, 1.807) is 6.07 Å². The Hall–Kier alpha value is -2.15. The van der Waals surface area contributed by atoms with Crippen LogP contribution in [-0.4, -0.2) is 40.0 Å². The van der Waals surface area contributed by atoms with Gasteiger partial charge < -0.3 is 16.2 Å². The highest BCUT2D eigenvalue weighted by atomic mass is 16.3. The van der Waals surface area contributed by atoms with Gasteiger partial charge in [-0.25, -0.2) is 4.98 Å². The van der Waals surface area contributed by atoms with Gasteiger partial charge in [-0.1, -0.05) is 0 Å². The van der Waals surface area contributed by atoms with Gasteiger partial charge in [-0.05, 0) is 12.1 Å². The van der Waals surface area contributed by atoms with Crippen molar-refractivity contribution in [2.45, 2.75) is 12.7 Å². The number of nitrogens with two attached hydrogens (primary N) is 1. The molecular formula is C10H12N4O3. The molecule has 17 heavy (non-hydrogen) atoms. The number of aromatic hydroxyl groups is 1. The summed E-state index contributed by atoms with van der Waals surface area (Å²) < 4.78 is 0. The number of primary amides is 1. The molecule has 1 aliphatic heterocycles. The first-order chi connectivity index (χ1) is 8.11. The van der Waals surface area contributed by atoms with Gasteiger partial charge in [0.05, 0.1) is 6.17 Å². The molecule has 2 unspecified atom stereocenters. The van der Waals surface area contributed by atoms with E-state index in [0.717, 1.165) is 6.54 Å². The number of pyridine rings is 1. The van der Waals surface area contributed by atoms with Crippen LogP contribution in [-0.2, 0) is 11.3 Å². The molecule has 2 rings (SSSR count). The average molecular weight is 236 g/mol. The molecule has 0 aliphatic carbocycles. The first-order valence-electron chi connectivity index (χ1n) is 5.04. The lowest BCUT2D eigenvalue weighted by Gasteiger charge is -2.06. The number of amides is 2. The van der Waals surface area contributed by atoms with E-state index in [9.17, 15) is 14.7 Å². The maximum absolute atomic E-state index is 10.8. The van der Waals surface area contributed by atoms with E-state index in [1.807, 2.05) is 4.90 Å². The first kappa shape index (κ1) is 11.3. The standard InChI is InChI=1S/C10H12N4O3/c11-9(16)7-2-1-6(10(17)13-7)3-14-4-8(14)12-5-15/h1-2,5,8H,3-4H2,(H2,11,16)(H,12,15)(H,13,17). The van der Waals surface area contributed by atoms with Crippen LogP contribution < -0.4 is 11.1 Å². The van der Waals surface area contributed by atoms with Crippen LogP contribution in [0, 0.1) is 0 Å². The second kappa shape index (κ2) is 4.38. The Bertz CT molecular complexity index is 463. The zero-order chi connectivity index (χ0) is 12.4. The van der Waals surface area contributed by atoms with E-state index in [-0.39, 0.29) is 17.7 Å². The van der Waals surface area contributed by atoms with Gasteiger partial charge in [0.2, 0.25) is 12.3 Å². The number of rotatable bonds is 5. The number of carbonyl (C=O) groups is 2. The predicted molar refractivity (Wildman–Crippen MR) is 57.8 cm³/mol. The average Bonchev–Trinajstić information content (AvgIpc) is 3.00. The molecule has 7 heteroatoms. The molecule has 0 saturated carbocycles. The van der Waals surface area contributed by atoms with Crippen LogP contribution in [0.4, 0.5) is 0 Å². The molecule has 4 N–H and O–H groups in total. The molecule has 1 saturated heterocycles. The fraction of sp³-hybridized carbons (Fsp3) is 0.300. The largest absolute Gasteiger partial charge is 0.493 e. The molecule has 0 radical (unpaired) electrons. The highest BCUT2D eigenvalue weighted by Crippen LogP contribution is 2.23. The minimum atomic E-state index is -0.681. The molecule has 90 valence electrons. The van der Waals surface area contributed by atoms with E-state index in [2.05, 4.69) is 10.3 Å². The minimum Gasteiger partial charge on any atom is -0.493 e. The van der Waals surface area contributed by atoms with Crippen molar-refractivity contribution in [1.29, 1.82) is 0 Å². The lowest BCUT2D eigenvalue weighted by Crippen LogP contribution is -2.19. The summed E-state index contributed by atoms with van der Waals surface area (Å²) in [6.45, 7) is 1.19. The van der Waals surface area contributed by atoms with Gasteiger partial charge in [0.15, 0.2) is 0 Å². The Labute approximate surface area is 97.2 Å². The van der Waals surface area contributed by atoms with Crippen LogP contribution in [0.1, 0.15) is 16.1 Å². The van der Waals surface area contributed by atoms with Crippen molar-refractivity contribution in [2.24, 2.45) is 5.73 Å². The summed E-state index contributed by atoms with van der Waals surface area (Å²) >= 11 is 0. The Kier molecular flexibility index (Phi) is 2.92. The molecule has 0 spiro atoms. The molecule has 2 amide bonds. The van der Waals surface area contributed by atoms with Crippen LogP contribution in [0.3, 0.4) is 0 Å². The summed E-state index contributed by atoms with van der Waals surface area (Å²) in [7, 11) is 0. The zero-order valence-corrected chi connectivity index (χ0v) is 8.96. The van der Waals surface area contributed by atoms with Gasteiger partial charge in [0.1, 0.15) is 5.69 Å². The maximum atomic E-state index is 10.8. The van der Waals surface area contributed by atoms with E-state index in [0.29, 0.717) is 18.5 Å². The molecule has 2 atom stereocenters. The van der Waals surface area contributed by atoms with Crippen molar-refractivity contribution in [3.63, 3.8) is 0 Å². The highest BCUT2D eigenvalue weighted by Gasteiger charge is 2.33. The van der Waals surface area contributed by atoms with Crippen molar-refractivity contribution in [3.8, 4) is 5.88 Å². The van der Waals surface area contributed by atoms with Gasteiger partial charge in [0, 0.05) is 18.7 Å². The van der Waals surface area contributed by atoms with Gasteiger partial charge >= 0.3 is 0 Å². The molecule has 0 aromatic carbocycles. The number of hydrogen-bond donors (Lipinski definition) is 3. The van der Waals surface area contributed by atoms with Crippen molar-refractivity contribution < 1.29 is 14.7 Å². The molecule has 2 heterocycles. The topological polar surface area (TPSA) is 108 Å². The van der Waals surface area contributed by atoms with Gasteiger partial charge in [-0.2, -0.15) is 0 Å². The van der Waals surface area contributed by atoms with Crippen molar-refractivity contribution in [3.05, 3.63) is 23.4 Å². The summed E-state index contributed by atoms with van der Waals surface area (Å²) in [5.41, 5.74) is 5.65. The molecule has 0 bridgehead atoms. The van der Waals surface area contributed by atoms with E-state index >= 15 is 0 Å². The van der Waals surface area contributed by atoms with Crippen molar-refractivity contribution in [2.75, 3.05) is 6.54 Å². The Morgan fingerprint density at radius 2 is 2.47 bits per heavy atom. The first-order valence-corrected chi connectivity index (χ1v) is 5.04. The second-order valence-corrected chi connectivity index (χ2v) is 3.77. The fourth-order valence-electron chi connectivity index (χ4n) is 1.54. The molecule has 1 aromatic rings. The maximum Gasteiger partial charge on any atom is 0.267 e. The third-order valence-electron chi connectivity index (χ3n) is 2.56. The Morgan fingerprint density at radius 1 is 1.71 bits per heavy atom. The molecule has 7 nitrogen and oxygen atoms in total. The number of hydrogen-bond acceptors (Lipinski definition) is 5. The van der Waals surface area contributed by atoms with E-state index in [1.165, 1.54) is 6.07 Å². The van der Waals surface area contributed by atoms with Crippen LogP contribution >= 0.6 is 0 Å². The number of carbonyl (C=O) groups excluding carboxylic acids is 2. The minimum absolute atomic E-state index is 0.0164. The number of aromatic nitrogens is 1. The SMILES string of the molecule is NC(=O)c1ccc(CN2CC2NC=O)c(O)n1. The van der Waals surface area contributed by atoms with Crippen molar-refractivity contribution >= 4 is 12.3 Å². The molecule has 1 aromatic heterocycles. The lowest BCUT2D eigenvalue weighted by molar-refractivity contribution is -0.109. The summed E-state index contributed by atoms with van der Waals surface area (Å²) in [5, 5.41) is 12.2. The van der Waals surface area contributed by atoms with Crippen LogP contribution in [0.15, 0.2) is 12.1 Å². The number of nitrogens with one attached hydrogen (secondary N) is 1. The van der Waals surface area contributed by atoms with Crippen molar-refractivity contribution in [1.82, 2.24) is 15.2 Å². The lowest BCUT2D eigenvalue weighted by atomic mass is 10.2. The highest BCUT2D eigenvalue weighted by molar-refractivity contribution is 5.90. The summed E-state index contributed by atoms with van der Waals surface area (Å²) in [6.07, 6.45) is 0.654. The normalized spacial score (nSPS) is 21.9. The van der Waals surface area contributed by atoms with E-state index in [4.69, 9.17) is 5.73 Å². The fourth-order valence-corrected chi connectivity index (χ4v) is 1.54. The van der Waals surface area contributed by atoms with Gasteiger partial charge in [-0.15, -0.1) is 0 Å². The third kappa shape index (κ3) is 2.51. The number of nitrogens with zero attached hydrogens (tertiary/aromatic N) is 2. The summed E-state index contributed by atoms with van der Waals surface area (Å²) in [6, 6.07) is 3.06. The Morgan fingerprint density at radius 3 is 3.06 bits per heavy atom. The Balaban J connectivity index is 2.03. The summed E-state index contributed by atoms with van der Waals surface area (Å²) in [4.78, 5) is 26.6. The zero-order valence-electron chi connectivity index (χ0n) is 8.96. The predicted octanol–water partition coefficient (Wildman–Crippen LogP) is -1.23. The molecule has 1 aliphatic rings. The second-order valence-electron chi connectivity index (χ2n) is 3.77. The van der Waals surface area contributed by atoms with Crippen LogP contribution in [0.25, 0.3) is 0 Å². The van der Waals surface area contributed by atoms with Crippen LogP contribution in [0.5, 0.6) is 5.88 Å².